The van der Waals surface area contributed by atoms with Gasteiger partial charge in [-0.25, -0.2) is 4.98 Å². The first-order valence-electron chi connectivity index (χ1n) is 6.56. The molecule has 0 bridgehead atoms. The number of rotatable bonds is 4. The predicted molar refractivity (Wildman–Crippen MR) is 83.4 cm³/mol. The third-order valence-electron chi connectivity index (χ3n) is 4.15. The smallest absolute Gasteiger partial charge is 0.183 e. The number of nitrogens with one attached hydrogen (secondary N) is 1. The number of thiazole rings is 1. The number of hydrogen-bond donors (Lipinski definition) is 1. The van der Waals surface area contributed by atoms with Gasteiger partial charge < -0.3 is 10.2 Å². The second-order valence-electron chi connectivity index (χ2n) is 5.46. The average Bonchev–Trinajstić information content (AvgIpc) is 2.68. The van der Waals surface area contributed by atoms with E-state index in [4.69, 9.17) is 11.6 Å². The summed E-state index contributed by atoms with van der Waals surface area (Å²) in [6.45, 7) is 0.966. The number of anilines is 1. The molecule has 3 nitrogen and oxygen atoms in total. The second kappa shape index (κ2) is 4.93. The summed E-state index contributed by atoms with van der Waals surface area (Å²) in [6.07, 6.45) is 3.86. The van der Waals surface area contributed by atoms with Gasteiger partial charge in [-0.15, -0.1) is 0 Å². The Kier molecular flexibility index (Phi) is 3.41. The Hall–Kier alpha value is -0.840. The lowest BCUT2D eigenvalue weighted by Gasteiger charge is -2.47. The number of aromatic nitrogens is 1. The van der Waals surface area contributed by atoms with E-state index in [0.29, 0.717) is 5.54 Å². The molecule has 102 valence electrons. The molecular formula is C14H18ClN3S. The molecule has 1 aliphatic carbocycles. The van der Waals surface area contributed by atoms with Gasteiger partial charge in [0.05, 0.1) is 10.2 Å². The topological polar surface area (TPSA) is 28.2 Å². The molecule has 0 amide bonds. The van der Waals surface area contributed by atoms with Gasteiger partial charge in [-0.05, 0) is 51.6 Å². The Balaban J connectivity index is 1.75. The van der Waals surface area contributed by atoms with E-state index in [1.54, 1.807) is 11.3 Å². The highest BCUT2D eigenvalue weighted by atomic mass is 35.5. The van der Waals surface area contributed by atoms with Crippen LogP contribution in [0.15, 0.2) is 18.2 Å². The minimum atomic E-state index is 0.315. The average molecular weight is 296 g/mol. The minimum absolute atomic E-state index is 0.315. The van der Waals surface area contributed by atoms with Gasteiger partial charge in [0.1, 0.15) is 0 Å². The van der Waals surface area contributed by atoms with Crippen LogP contribution in [0.1, 0.15) is 19.3 Å². The first-order chi connectivity index (χ1) is 9.09. The van der Waals surface area contributed by atoms with Crippen molar-refractivity contribution < 1.29 is 0 Å². The molecule has 1 N–H and O–H groups in total. The van der Waals surface area contributed by atoms with Crippen molar-refractivity contribution in [2.45, 2.75) is 24.8 Å². The SMILES string of the molecule is CN(C)C1(CNc2nc3cc(Cl)ccc3s2)CCC1. The van der Waals surface area contributed by atoms with Crippen molar-refractivity contribution in [1.29, 1.82) is 0 Å². The lowest BCUT2D eigenvalue weighted by molar-refractivity contribution is 0.0739. The number of benzene rings is 1. The Labute approximate surface area is 122 Å². The van der Waals surface area contributed by atoms with Crippen LogP contribution in [0.3, 0.4) is 0 Å². The molecule has 1 fully saturated rings. The molecule has 1 aliphatic rings. The monoisotopic (exact) mass is 295 g/mol. The molecule has 0 atom stereocenters. The van der Waals surface area contributed by atoms with Crippen molar-refractivity contribution in [3.8, 4) is 0 Å². The molecule has 0 unspecified atom stereocenters. The van der Waals surface area contributed by atoms with Gasteiger partial charge in [-0.3, -0.25) is 0 Å². The molecule has 2 aromatic rings. The molecule has 1 heterocycles. The highest BCUT2D eigenvalue weighted by Gasteiger charge is 2.38. The summed E-state index contributed by atoms with van der Waals surface area (Å²) in [5, 5.41) is 5.24. The summed E-state index contributed by atoms with van der Waals surface area (Å²) < 4.78 is 1.18. The van der Waals surface area contributed by atoms with Crippen LogP contribution in [0.4, 0.5) is 5.13 Å². The fourth-order valence-electron chi connectivity index (χ4n) is 2.58. The summed E-state index contributed by atoms with van der Waals surface area (Å²) in [5.74, 6) is 0. The number of fused-ring (bicyclic) bond motifs is 1. The summed E-state index contributed by atoms with van der Waals surface area (Å²) in [5.41, 5.74) is 1.29. The van der Waals surface area contributed by atoms with Gasteiger partial charge in [-0.1, -0.05) is 22.9 Å². The number of likely N-dealkylation sites (N-methyl/N-ethyl adjacent to an activating group) is 1. The van der Waals surface area contributed by atoms with E-state index in [2.05, 4.69) is 29.3 Å². The normalized spacial score (nSPS) is 17.7. The van der Waals surface area contributed by atoms with Crippen molar-refractivity contribution >= 4 is 38.3 Å². The molecule has 5 heteroatoms. The molecule has 1 aromatic carbocycles. The number of hydrogen-bond acceptors (Lipinski definition) is 4. The van der Waals surface area contributed by atoms with Gasteiger partial charge in [0.2, 0.25) is 0 Å². The molecule has 1 aromatic heterocycles. The molecule has 0 saturated heterocycles. The van der Waals surface area contributed by atoms with Gasteiger partial charge in [0.15, 0.2) is 5.13 Å². The van der Waals surface area contributed by atoms with E-state index in [1.165, 1.54) is 24.0 Å². The third-order valence-corrected chi connectivity index (χ3v) is 5.38. The van der Waals surface area contributed by atoms with Gasteiger partial charge >= 0.3 is 0 Å². The van der Waals surface area contributed by atoms with E-state index in [9.17, 15) is 0 Å². The highest BCUT2D eigenvalue weighted by Crippen LogP contribution is 2.37. The molecule has 0 aliphatic heterocycles. The van der Waals surface area contributed by atoms with Crippen molar-refractivity contribution in [2.24, 2.45) is 0 Å². The first-order valence-corrected chi connectivity index (χ1v) is 7.76. The highest BCUT2D eigenvalue weighted by molar-refractivity contribution is 7.22. The fourth-order valence-corrected chi connectivity index (χ4v) is 3.59. The maximum Gasteiger partial charge on any atom is 0.183 e. The predicted octanol–water partition coefficient (Wildman–Crippen LogP) is 3.85. The zero-order valence-corrected chi connectivity index (χ0v) is 12.8. The summed E-state index contributed by atoms with van der Waals surface area (Å²) >= 11 is 7.68. The standard InChI is InChI=1S/C14H18ClN3S/c1-18(2)14(6-3-7-14)9-16-13-17-11-8-10(15)4-5-12(11)19-13/h4-5,8H,3,6-7,9H2,1-2H3,(H,16,17). The lowest BCUT2D eigenvalue weighted by Crippen LogP contribution is -2.54. The maximum absolute atomic E-state index is 5.99. The summed E-state index contributed by atoms with van der Waals surface area (Å²) in [4.78, 5) is 6.94. The molecule has 3 rings (SSSR count). The molecule has 19 heavy (non-hydrogen) atoms. The quantitative estimate of drug-likeness (QED) is 0.929. The van der Waals surface area contributed by atoms with E-state index in [1.807, 2.05) is 18.2 Å². The third kappa shape index (κ3) is 2.45. The van der Waals surface area contributed by atoms with E-state index >= 15 is 0 Å². The van der Waals surface area contributed by atoms with Crippen molar-refractivity contribution in [3.05, 3.63) is 23.2 Å². The number of halogens is 1. The van der Waals surface area contributed by atoms with Gasteiger partial charge in [-0.2, -0.15) is 0 Å². The minimum Gasteiger partial charge on any atom is -0.360 e. The van der Waals surface area contributed by atoms with Crippen LogP contribution in [0.25, 0.3) is 10.2 Å². The van der Waals surface area contributed by atoms with E-state index in [0.717, 1.165) is 22.2 Å². The molecule has 0 spiro atoms. The van der Waals surface area contributed by atoms with Crippen LogP contribution in [0.2, 0.25) is 5.02 Å². The Morgan fingerprint density at radius 3 is 2.84 bits per heavy atom. The van der Waals surface area contributed by atoms with Crippen LogP contribution in [-0.2, 0) is 0 Å². The van der Waals surface area contributed by atoms with Crippen LogP contribution >= 0.6 is 22.9 Å². The van der Waals surface area contributed by atoms with E-state index in [-0.39, 0.29) is 0 Å². The van der Waals surface area contributed by atoms with Crippen LogP contribution in [0, 0.1) is 0 Å². The Bertz CT molecular complexity index is 589. The zero-order chi connectivity index (χ0) is 13.5. The van der Waals surface area contributed by atoms with Crippen molar-refractivity contribution in [3.63, 3.8) is 0 Å². The lowest BCUT2D eigenvalue weighted by atomic mass is 9.75. The fraction of sp³-hybridized carbons (Fsp3) is 0.500. The number of nitrogens with zero attached hydrogens (tertiary/aromatic N) is 2. The largest absolute Gasteiger partial charge is 0.360 e. The van der Waals surface area contributed by atoms with Gasteiger partial charge in [0.25, 0.3) is 0 Å². The second-order valence-corrected chi connectivity index (χ2v) is 6.92. The van der Waals surface area contributed by atoms with Crippen molar-refractivity contribution in [2.75, 3.05) is 26.0 Å². The molecular weight excluding hydrogens is 278 g/mol. The first kappa shape index (κ1) is 13.2. The molecule has 1 saturated carbocycles. The van der Waals surface area contributed by atoms with Crippen molar-refractivity contribution in [1.82, 2.24) is 9.88 Å². The Morgan fingerprint density at radius 2 is 2.21 bits per heavy atom. The maximum atomic E-state index is 5.99. The molecule has 0 radical (unpaired) electrons. The summed E-state index contributed by atoms with van der Waals surface area (Å²) in [6, 6.07) is 5.87. The summed E-state index contributed by atoms with van der Waals surface area (Å²) in [7, 11) is 4.33. The van der Waals surface area contributed by atoms with Crippen LogP contribution in [-0.4, -0.2) is 36.1 Å². The zero-order valence-electron chi connectivity index (χ0n) is 11.2. The Morgan fingerprint density at radius 1 is 1.42 bits per heavy atom. The van der Waals surface area contributed by atoms with Crippen LogP contribution in [0.5, 0.6) is 0 Å². The van der Waals surface area contributed by atoms with Gasteiger partial charge in [0, 0.05) is 17.1 Å². The van der Waals surface area contributed by atoms with Crippen LogP contribution < -0.4 is 5.32 Å². The van der Waals surface area contributed by atoms with E-state index < -0.39 is 0 Å².